The molecular weight excluding hydrogens is 539 g/mol. The molecule has 0 atom stereocenters. The average Bonchev–Trinajstić information content (AvgIpc) is 2.68. The van der Waals surface area contributed by atoms with E-state index in [-0.39, 0.29) is 37.5 Å². The molecule has 0 rings (SSSR count). The molecule has 0 heterocycles. The molecule has 0 saturated heterocycles. The van der Waals surface area contributed by atoms with Crippen LogP contribution in [0.5, 0.6) is 0 Å². The monoisotopic (exact) mass is 549 g/mol. The molecule has 0 amide bonds. The Kier molecular flexibility index (Phi) is 2460. The number of hydrogen-bond donors (Lipinski definition) is 0. The van der Waals surface area contributed by atoms with Gasteiger partial charge in [0.2, 0.25) is 0 Å². The first-order valence-electron chi connectivity index (χ1n) is 3.50. The van der Waals surface area contributed by atoms with Gasteiger partial charge in [0.25, 0.3) is 0 Å². The second-order valence-corrected chi connectivity index (χ2v) is 1.26. The van der Waals surface area contributed by atoms with Crippen LogP contribution in [0.4, 0.5) is 0 Å². The van der Waals surface area contributed by atoms with E-state index < -0.39 is 0 Å². The van der Waals surface area contributed by atoms with Crippen molar-refractivity contribution < 1.29 is 74.7 Å². The number of hydrogen-bond acceptors (Lipinski definition) is 1. The van der Waals surface area contributed by atoms with E-state index in [0.29, 0.717) is 0 Å². The van der Waals surface area contributed by atoms with Crippen LogP contribution in [0.15, 0.2) is 0 Å². The molecule has 0 bridgehead atoms. The van der Waals surface area contributed by atoms with Crippen LogP contribution in [-0.4, -0.2) is 19.0 Å². The molecular formula is C13H9MnNO8Re. The van der Waals surface area contributed by atoms with E-state index in [0.717, 1.165) is 0 Å². The van der Waals surface area contributed by atoms with Gasteiger partial charge in [-0.3, -0.25) is 0 Å². The standard InChI is InChI=1S/C5H9N.8CO.Mn.Re/c1-4-5-6(2)3;8*1-2;;/h1-3H3;;;;;;;;;;. The predicted octanol–water partition coefficient (Wildman–Crippen LogP) is 0.224. The predicted molar refractivity (Wildman–Crippen MR) is 58.6 cm³/mol. The van der Waals surface area contributed by atoms with Crippen molar-refractivity contribution in [1.82, 2.24) is 4.90 Å². The van der Waals surface area contributed by atoms with Gasteiger partial charge in [0.1, 0.15) is 0 Å². The molecule has 0 aliphatic carbocycles. The zero-order valence-corrected chi connectivity index (χ0v) is 16.4. The van der Waals surface area contributed by atoms with Crippen LogP contribution in [0.25, 0.3) is 0 Å². The molecule has 128 valence electrons. The summed E-state index contributed by atoms with van der Waals surface area (Å²) in [6.07, 6.45) is 0. The van der Waals surface area contributed by atoms with Gasteiger partial charge in [-0.15, -0.1) is 0 Å². The first-order valence-corrected chi connectivity index (χ1v) is 3.50. The van der Waals surface area contributed by atoms with Crippen molar-refractivity contribution in [2.24, 2.45) is 0 Å². The van der Waals surface area contributed by atoms with E-state index in [1.54, 1.807) is 0 Å². The molecule has 0 unspecified atom stereocenters. The Morgan fingerprint density at radius 1 is 0.542 bits per heavy atom. The van der Waals surface area contributed by atoms with E-state index in [9.17, 15) is 0 Å². The van der Waals surface area contributed by atoms with Crippen LogP contribution >= 0.6 is 0 Å². The van der Waals surface area contributed by atoms with E-state index in [1.165, 1.54) is 0 Å². The van der Waals surface area contributed by atoms with E-state index in [1.807, 2.05) is 25.9 Å². The molecule has 11 heteroatoms. The van der Waals surface area contributed by atoms with Crippen molar-refractivity contribution in [2.45, 2.75) is 6.92 Å². The Morgan fingerprint density at radius 3 is 0.667 bits per heavy atom. The molecule has 0 saturated carbocycles. The van der Waals surface area contributed by atoms with Gasteiger partial charge in [-0.25, -0.2) is 0 Å². The molecule has 0 aromatic rings. The summed E-state index contributed by atoms with van der Waals surface area (Å²) < 4.78 is 60.0. The Hall–Kier alpha value is -1.54. The zero-order chi connectivity index (χ0) is 21.0. The first-order chi connectivity index (χ1) is 10.8. The molecule has 0 aliphatic rings. The van der Waals surface area contributed by atoms with Gasteiger partial charge >= 0.3 is 90.4 Å². The minimum atomic E-state index is 0. The van der Waals surface area contributed by atoms with Gasteiger partial charge in [0.05, 0.1) is 0 Å². The van der Waals surface area contributed by atoms with Gasteiger partial charge in [0, 0.05) is 57.6 Å². The third kappa shape index (κ3) is 3630. The first kappa shape index (κ1) is 78.8. The quantitative estimate of drug-likeness (QED) is 0.137. The third-order valence-corrected chi connectivity index (χ3v) is 0.335. The zero-order valence-electron chi connectivity index (χ0n) is 12.5. The van der Waals surface area contributed by atoms with Gasteiger partial charge in [-0.2, -0.15) is 0 Å². The van der Waals surface area contributed by atoms with Crippen LogP contribution in [0.2, 0.25) is 0 Å². The summed E-state index contributed by atoms with van der Waals surface area (Å²) in [4.78, 5) is 1.82. The maximum absolute atomic E-state index is 7.50. The molecule has 0 N–H and O–H groups in total. The Bertz CT molecular complexity index is 284. The Labute approximate surface area is 165 Å². The SMILES string of the molecule is CC#CN(C)C.[C-]#[O+].[C-]#[O+].[C-]#[O+].[C-]#[O+].[C-]#[O+].[C-]#[O+].[C-]#[O+].[C-]#[O+].[Mn].[Re]. The molecule has 2 radical (unpaired) electrons. The van der Waals surface area contributed by atoms with Crippen molar-refractivity contribution in [2.75, 3.05) is 14.1 Å². The number of rotatable bonds is 0. The molecule has 0 fully saturated rings. The van der Waals surface area contributed by atoms with Crippen molar-refractivity contribution in [1.29, 1.82) is 0 Å². The molecule has 0 spiro atoms. The largest absolute Gasteiger partial charge is 0 e. The summed E-state index contributed by atoms with van der Waals surface area (Å²) in [5.41, 5.74) is 0. The average molecular weight is 548 g/mol. The summed E-state index contributed by atoms with van der Waals surface area (Å²) in [7, 11) is 3.83. The van der Waals surface area contributed by atoms with E-state index in [2.05, 4.69) is 65.2 Å². The minimum absolute atomic E-state index is 0. The molecule has 0 aromatic carbocycles. The second-order valence-electron chi connectivity index (χ2n) is 1.26. The van der Waals surface area contributed by atoms with Gasteiger partial charge in [-0.1, -0.05) is 5.92 Å². The summed E-state index contributed by atoms with van der Waals surface area (Å²) >= 11 is 0. The van der Waals surface area contributed by atoms with Gasteiger partial charge in [0.15, 0.2) is 0 Å². The minimum Gasteiger partial charge on any atom is 0 e. The fourth-order valence-corrected chi connectivity index (χ4v) is 0.224. The molecule has 24 heavy (non-hydrogen) atoms. The van der Waals surface area contributed by atoms with Crippen LogP contribution in [0, 0.1) is 65.2 Å². The molecule has 9 nitrogen and oxygen atoms in total. The fourth-order valence-electron chi connectivity index (χ4n) is 0.224. The molecule has 0 aliphatic heterocycles. The number of nitrogens with zero attached hydrogens (tertiary/aromatic N) is 1. The van der Waals surface area contributed by atoms with Crippen LogP contribution in [0.3, 0.4) is 0 Å². The van der Waals surface area contributed by atoms with Crippen LogP contribution < -0.4 is 0 Å². The smallest absolute Gasteiger partial charge is 0 e. The van der Waals surface area contributed by atoms with Crippen molar-refractivity contribution >= 4 is 0 Å². The van der Waals surface area contributed by atoms with Gasteiger partial charge in [-0.05, 0) is 6.92 Å². The second kappa shape index (κ2) is 750. The summed E-state index contributed by atoms with van der Waals surface area (Å²) in [6.45, 7) is 37.8. The van der Waals surface area contributed by atoms with E-state index >= 15 is 0 Å². The molecule has 0 aromatic heterocycles. The summed E-state index contributed by atoms with van der Waals surface area (Å²) in [6, 6.07) is 2.79. The maximum Gasteiger partial charge on any atom is 0 e. The summed E-state index contributed by atoms with van der Waals surface area (Å²) in [5.74, 6) is 2.74. The maximum atomic E-state index is 7.50. The fraction of sp³-hybridized carbons (Fsp3) is 0.231. The third-order valence-electron chi connectivity index (χ3n) is 0.335. The summed E-state index contributed by atoms with van der Waals surface area (Å²) in [5, 5.41) is 0. The van der Waals surface area contributed by atoms with Crippen molar-refractivity contribution in [3.05, 3.63) is 53.2 Å². The van der Waals surface area contributed by atoms with Gasteiger partial charge < -0.3 is 4.90 Å². The Balaban J connectivity index is -0.00000000926. The van der Waals surface area contributed by atoms with Crippen LogP contribution in [0.1, 0.15) is 6.92 Å². The van der Waals surface area contributed by atoms with Crippen molar-refractivity contribution in [3.63, 3.8) is 0 Å². The Morgan fingerprint density at radius 2 is 0.667 bits per heavy atom. The van der Waals surface area contributed by atoms with Crippen LogP contribution in [-0.2, 0) is 74.7 Å². The van der Waals surface area contributed by atoms with Crippen molar-refractivity contribution in [3.8, 4) is 12.0 Å². The van der Waals surface area contributed by atoms with E-state index in [4.69, 9.17) is 37.2 Å². The normalized spacial score (nSPS) is 2.12. The topological polar surface area (TPSA) is 162 Å².